The number of ketones is 1. The molecule has 2 aromatic carbocycles. The normalized spacial score (nSPS) is 10.6. The molecule has 0 fully saturated rings. The van der Waals surface area contributed by atoms with Crippen LogP contribution in [-0.2, 0) is 24.1 Å². The van der Waals surface area contributed by atoms with Gasteiger partial charge >= 0.3 is 0 Å². The highest BCUT2D eigenvalue weighted by Crippen LogP contribution is 2.18. The number of aryl methyl sites for hydroxylation is 4. The topological polar surface area (TPSA) is 54.9 Å². The van der Waals surface area contributed by atoms with Crippen molar-refractivity contribution in [1.82, 2.24) is 9.97 Å². The Bertz CT molecular complexity index is 983. The largest absolute Gasteiger partial charge is 0.340 e. The lowest BCUT2D eigenvalue weighted by atomic mass is 10.0. The van der Waals surface area contributed by atoms with Crippen molar-refractivity contribution in [1.29, 1.82) is 0 Å². The lowest BCUT2D eigenvalue weighted by Crippen LogP contribution is -2.03. The number of allylic oxidation sites excluding steroid dienone is 1. The second-order valence-electron chi connectivity index (χ2n) is 7.51. The average molecular weight is 400 g/mol. The molecule has 154 valence electrons. The van der Waals surface area contributed by atoms with Gasteiger partial charge in [0.05, 0.1) is 0 Å². The molecule has 4 nitrogen and oxygen atoms in total. The number of carbonyl (C=O) groups is 1. The standard InChI is InChI=1S/C26H29N3O/c1-3-24(30)16-8-12-21-10-7-11-22(18-21)13-9-17-25-27-19-20(2)26(29-25)28-23-14-5-4-6-15-23/h3-7,10-11,14-15,18-19H,1,8-9,12-13,16-17H2,2H3,(H,27,28,29). The summed E-state index contributed by atoms with van der Waals surface area (Å²) >= 11 is 0. The van der Waals surface area contributed by atoms with Crippen molar-refractivity contribution in [2.75, 3.05) is 5.32 Å². The number of anilines is 2. The number of hydrogen-bond donors (Lipinski definition) is 1. The van der Waals surface area contributed by atoms with Crippen molar-refractivity contribution >= 4 is 17.3 Å². The van der Waals surface area contributed by atoms with Crippen LogP contribution in [0.2, 0.25) is 0 Å². The minimum absolute atomic E-state index is 0.116. The zero-order chi connectivity index (χ0) is 21.2. The molecule has 0 saturated carbocycles. The van der Waals surface area contributed by atoms with Crippen LogP contribution in [0.15, 0.2) is 73.4 Å². The number of para-hydroxylation sites is 1. The highest BCUT2D eigenvalue weighted by Gasteiger charge is 2.06. The van der Waals surface area contributed by atoms with Crippen LogP contribution in [0.5, 0.6) is 0 Å². The van der Waals surface area contributed by atoms with E-state index in [0.29, 0.717) is 6.42 Å². The molecule has 1 heterocycles. The Morgan fingerprint density at radius 1 is 1.00 bits per heavy atom. The molecule has 0 aliphatic heterocycles. The first-order valence-corrected chi connectivity index (χ1v) is 10.5. The maximum absolute atomic E-state index is 11.4. The van der Waals surface area contributed by atoms with Crippen molar-refractivity contribution in [3.05, 3.63) is 96.0 Å². The van der Waals surface area contributed by atoms with Gasteiger partial charge in [0, 0.05) is 30.3 Å². The van der Waals surface area contributed by atoms with E-state index in [1.54, 1.807) is 0 Å². The summed E-state index contributed by atoms with van der Waals surface area (Å²) in [4.78, 5) is 20.6. The van der Waals surface area contributed by atoms with Crippen LogP contribution < -0.4 is 5.32 Å². The van der Waals surface area contributed by atoms with Gasteiger partial charge in [-0.25, -0.2) is 9.97 Å². The Morgan fingerprint density at radius 2 is 1.73 bits per heavy atom. The molecule has 0 aliphatic carbocycles. The molecule has 1 N–H and O–H groups in total. The fourth-order valence-corrected chi connectivity index (χ4v) is 3.34. The molecule has 0 aliphatic rings. The zero-order valence-corrected chi connectivity index (χ0v) is 17.6. The third-order valence-corrected chi connectivity index (χ3v) is 5.03. The summed E-state index contributed by atoms with van der Waals surface area (Å²) in [6.45, 7) is 5.54. The van der Waals surface area contributed by atoms with Crippen LogP contribution in [0.3, 0.4) is 0 Å². The van der Waals surface area contributed by atoms with Gasteiger partial charge in [0.25, 0.3) is 0 Å². The number of nitrogens with zero attached hydrogens (tertiary/aromatic N) is 2. The maximum Gasteiger partial charge on any atom is 0.155 e. The molecular weight excluding hydrogens is 370 g/mol. The Kier molecular flexibility index (Phi) is 7.90. The third-order valence-electron chi connectivity index (χ3n) is 5.03. The van der Waals surface area contributed by atoms with Crippen molar-refractivity contribution < 1.29 is 4.79 Å². The van der Waals surface area contributed by atoms with E-state index in [1.807, 2.05) is 43.5 Å². The van der Waals surface area contributed by atoms with Gasteiger partial charge in [0.1, 0.15) is 11.6 Å². The smallest absolute Gasteiger partial charge is 0.155 e. The van der Waals surface area contributed by atoms with E-state index >= 15 is 0 Å². The molecule has 0 spiro atoms. The first kappa shape index (κ1) is 21.4. The lowest BCUT2D eigenvalue weighted by molar-refractivity contribution is -0.114. The third kappa shape index (κ3) is 6.66. The summed E-state index contributed by atoms with van der Waals surface area (Å²) in [6.07, 6.45) is 8.46. The SMILES string of the molecule is C=CC(=O)CCCc1cccc(CCCc2ncc(C)c(Nc3ccccc3)n2)c1. The van der Waals surface area contributed by atoms with Crippen LogP contribution in [0.4, 0.5) is 11.5 Å². The summed E-state index contributed by atoms with van der Waals surface area (Å²) in [7, 11) is 0. The number of hydrogen-bond acceptors (Lipinski definition) is 4. The molecule has 1 aromatic heterocycles. The molecule has 0 atom stereocenters. The van der Waals surface area contributed by atoms with Crippen LogP contribution in [0.25, 0.3) is 0 Å². The van der Waals surface area contributed by atoms with Gasteiger partial charge in [-0.3, -0.25) is 4.79 Å². The summed E-state index contributed by atoms with van der Waals surface area (Å²) in [5.74, 6) is 1.84. The quantitative estimate of drug-likeness (QED) is 0.415. The van der Waals surface area contributed by atoms with Gasteiger partial charge in [-0.15, -0.1) is 0 Å². The fraction of sp³-hybridized carbons (Fsp3) is 0.269. The predicted molar refractivity (Wildman–Crippen MR) is 123 cm³/mol. The summed E-state index contributed by atoms with van der Waals surface area (Å²) in [5.41, 5.74) is 4.66. The monoisotopic (exact) mass is 399 g/mol. The van der Waals surface area contributed by atoms with Crippen molar-refractivity contribution in [3.8, 4) is 0 Å². The average Bonchev–Trinajstić information content (AvgIpc) is 2.77. The molecule has 3 rings (SSSR count). The Labute approximate surface area is 179 Å². The van der Waals surface area contributed by atoms with Crippen LogP contribution in [0, 0.1) is 6.92 Å². The van der Waals surface area contributed by atoms with E-state index in [4.69, 9.17) is 4.98 Å². The van der Waals surface area contributed by atoms with Crippen molar-refractivity contribution in [2.24, 2.45) is 0 Å². The minimum Gasteiger partial charge on any atom is -0.340 e. The summed E-state index contributed by atoms with van der Waals surface area (Å²) < 4.78 is 0. The van der Waals surface area contributed by atoms with Gasteiger partial charge in [-0.1, -0.05) is 49.0 Å². The van der Waals surface area contributed by atoms with Crippen LogP contribution in [-0.4, -0.2) is 15.8 Å². The Balaban J connectivity index is 1.52. The van der Waals surface area contributed by atoms with Gasteiger partial charge in [-0.2, -0.15) is 0 Å². The van der Waals surface area contributed by atoms with Gasteiger partial charge in [0.15, 0.2) is 5.78 Å². The van der Waals surface area contributed by atoms with Crippen molar-refractivity contribution in [3.63, 3.8) is 0 Å². The highest BCUT2D eigenvalue weighted by atomic mass is 16.1. The molecule has 30 heavy (non-hydrogen) atoms. The number of benzene rings is 2. The minimum atomic E-state index is 0.116. The first-order chi connectivity index (χ1) is 14.6. The van der Waals surface area contributed by atoms with Gasteiger partial charge in [0.2, 0.25) is 0 Å². The second-order valence-corrected chi connectivity index (χ2v) is 7.51. The van der Waals surface area contributed by atoms with Gasteiger partial charge in [-0.05, 0) is 61.9 Å². The molecule has 4 heteroatoms. The number of carbonyl (C=O) groups excluding carboxylic acids is 1. The fourth-order valence-electron chi connectivity index (χ4n) is 3.34. The Hall–Kier alpha value is -3.27. The van der Waals surface area contributed by atoms with Crippen LogP contribution >= 0.6 is 0 Å². The number of aromatic nitrogens is 2. The molecule has 0 radical (unpaired) electrons. The van der Waals surface area contributed by atoms with E-state index in [-0.39, 0.29) is 5.78 Å². The zero-order valence-electron chi connectivity index (χ0n) is 17.6. The number of nitrogens with one attached hydrogen (secondary N) is 1. The first-order valence-electron chi connectivity index (χ1n) is 10.5. The van der Waals surface area contributed by atoms with E-state index in [1.165, 1.54) is 17.2 Å². The van der Waals surface area contributed by atoms with E-state index in [2.05, 4.69) is 41.1 Å². The summed E-state index contributed by atoms with van der Waals surface area (Å²) in [5, 5.41) is 3.38. The maximum atomic E-state index is 11.4. The summed E-state index contributed by atoms with van der Waals surface area (Å²) in [6, 6.07) is 18.7. The van der Waals surface area contributed by atoms with Crippen molar-refractivity contribution in [2.45, 2.75) is 45.4 Å². The molecule has 0 amide bonds. The van der Waals surface area contributed by atoms with Gasteiger partial charge < -0.3 is 5.32 Å². The molecule has 0 bridgehead atoms. The lowest BCUT2D eigenvalue weighted by Gasteiger charge is -2.10. The predicted octanol–water partition coefficient (Wildman–Crippen LogP) is 5.78. The number of rotatable bonds is 11. The molecule has 3 aromatic rings. The molecular formula is C26H29N3O. The Morgan fingerprint density at radius 3 is 2.47 bits per heavy atom. The van der Waals surface area contributed by atoms with E-state index in [9.17, 15) is 4.79 Å². The molecule has 0 unspecified atom stereocenters. The highest BCUT2D eigenvalue weighted by molar-refractivity contribution is 5.88. The second kappa shape index (κ2) is 11.1. The molecule has 0 saturated heterocycles. The van der Waals surface area contributed by atoms with E-state index < -0.39 is 0 Å². The van der Waals surface area contributed by atoms with E-state index in [0.717, 1.165) is 55.0 Å². The van der Waals surface area contributed by atoms with Crippen LogP contribution in [0.1, 0.15) is 41.8 Å².